The fourth-order valence-electron chi connectivity index (χ4n) is 3.31. The number of amides is 1. The van der Waals surface area contributed by atoms with Crippen LogP contribution in [0, 0.1) is 0 Å². The Morgan fingerprint density at radius 2 is 2.25 bits per heavy atom. The molecule has 0 spiro atoms. The van der Waals surface area contributed by atoms with Crippen molar-refractivity contribution < 1.29 is 4.79 Å². The Morgan fingerprint density at radius 3 is 3.05 bits per heavy atom. The quantitative estimate of drug-likeness (QED) is 0.790. The number of pyridine rings is 1. The van der Waals surface area contributed by atoms with Crippen LogP contribution in [0.15, 0.2) is 22.8 Å². The molecular weight excluding hydrogens is 318 g/mol. The number of aromatic nitrogens is 1. The van der Waals surface area contributed by atoms with Gasteiger partial charge in [0, 0.05) is 35.8 Å². The highest BCUT2D eigenvalue weighted by molar-refractivity contribution is 9.10. The first-order valence-electron chi connectivity index (χ1n) is 7.32. The van der Waals surface area contributed by atoms with E-state index >= 15 is 0 Å². The highest BCUT2D eigenvalue weighted by atomic mass is 79.9. The second kappa shape index (κ2) is 5.82. The third-order valence-corrected chi connectivity index (χ3v) is 5.05. The first-order valence-corrected chi connectivity index (χ1v) is 8.11. The van der Waals surface area contributed by atoms with Gasteiger partial charge >= 0.3 is 0 Å². The van der Waals surface area contributed by atoms with E-state index in [9.17, 15) is 4.79 Å². The number of rotatable bonds is 1. The predicted octanol–water partition coefficient (Wildman–Crippen LogP) is 2.54. The third kappa shape index (κ3) is 2.61. The van der Waals surface area contributed by atoms with Crippen molar-refractivity contribution in [3.63, 3.8) is 0 Å². The normalized spacial score (nSPS) is 27.2. The molecular formula is C15H20BrN3O. The van der Waals surface area contributed by atoms with Gasteiger partial charge in [0.1, 0.15) is 5.69 Å². The molecule has 4 nitrogen and oxygen atoms in total. The average Bonchev–Trinajstić information content (AvgIpc) is 2.46. The summed E-state index contributed by atoms with van der Waals surface area (Å²) in [5.41, 5.74) is 0.531. The van der Waals surface area contributed by atoms with Gasteiger partial charge in [-0.2, -0.15) is 0 Å². The lowest BCUT2D eigenvalue weighted by atomic mass is 9.97. The van der Waals surface area contributed by atoms with Crippen LogP contribution in [-0.4, -0.2) is 52.4 Å². The molecule has 1 aromatic rings. The zero-order chi connectivity index (χ0) is 14.1. The third-order valence-electron chi connectivity index (χ3n) is 4.41. The molecule has 1 aromatic heterocycles. The standard InChI is InChI=1S/C15H20BrN3O/c1-11-9-18-8-3-2-5-12(18)10-19(11)15(20)14-13(16)6-4-7-17-14/h4,6-7,11-12H,2-3,5,8-10H2,1H3. The van der Waals surface area contributed by atoms with Crippen molar-refractivity contribution in [2.45, 2.75) is 38.3 Å². The van der Waals surface area contributed by atoms with Crippen molar-refractivity contribution in [1.29, 1.82) is 0 Å². The lowest BCUT2D eigenvalue weighted by molar-refractivity contribution is 0.0147. The maximum Gasteiger partial charge on any atom is 0.273 e. The van der Waals surface area contributed by atoms with Crippen molar-refractivity contribution in [2.24, 2.45) is 0 Å². The zero-order valence-corrected chi connectivity index (χ0v) is 13.3. The molecule has 0 radical (unpaired) electrons. The van der Waals surface area contributed by atoms with Crippen LogP contribution in [0.2, 0.25) is 0 Å². The molecule has 3 rings (SSSR count). The van der Waals surface area contributed by atoms with Crippen LogP contribution >= 0.6 is 15.9 Å². The van der Waals surface area contributed by atoms with Crippen molar-refractivity contribution in [1.82, 2.24) is 14.8 Å². The smallest absolute Gasteiger partial charge is 0.273 e. The topological polar surface area (TPSA) is 36.4 Å². The molecule has 3 heterocycles. The van der Waals surface area contributed by atoms with Crippen LogP contribution in [0.25, 0.3) is 0 Å². The molecule has 5 heteroatoms. The maximum absolute atomic E-state index is 12.7. The maximum atomic E-state index is 12.7. The van der Waals surface area contributed by atoms with Gasteiger partial charge in [0.15, 0.2) is 0 Å². The van der Waals surface area contributed by atoms with E-state index in [1.807, 2.05) is 17.0 Å². The van der Waals surface area contributed by atoms with Gasteiger partial charge in [0.25, 0.3) is 5.91 Å². The average molecular weight is 338 g/mol. The summed E-state index contributed by atoms with van der Waals surface area (Å²) in [5, 5.41) is 0. The minimum absolute atomic E-state index is 0.0511. The predicted molar refractivity (Wildman–Crippen MR) is 81.6 cm³/mol. The monoisotopic (exact) mass is 337 g/mol. The molecule has 2 unspecified atom stereocenters. The number of nitrogens with zero attached hydrogens (tertiary/aromatic N) is 3. The van der Waals surface area contributed by atoms with Gasteiger partial charge < -0.3 is 4.90 Å². The van der Waals surface area contributed by atoms with Crippen LogP contribution in [0.1, 0.15) is 36.7 Å². The van der Waals surface area contributed by atoms with E-state index in [1.54, 1.807) is 6.20 Å². The second-order valence-corrected chi connectivity index (χ2v) is 6.64. The van der Waals surface area contributed by atoms with E-state index in [0.29, 0.717) is 11.7 Å². The van der Waals surface area contributed by atoms with Gasteiger partial charge in [0.2, 0.25) is 0 Å². The molecule has 0 aliphatic carbocycles. The highest BCUT2D eigenvalue weighted by Gasteiger charge is 2.36. The number of hydrogen-bond acceptors (Lipinski definition) is 3. The van der Waals surface area contributed by atoms with Crippen molar-refractivity contribution in [3.8, 4) is 0 Å². The molecule has 20 heavy (non-hydrogen) atoms. The summed E-state index contributed by atoms with van der Waals surface area (Å²) in [6.45, 7) is 5.15. The first-order chi connectivity index (χ1) is 9.66. The largest absolute Gasteiger partial charge is 0.332 e. The summed E-state index contributed by atoms with van der Waals surface area (Å²) in [7, 11) is 0. The van der Waals surface area contributed by atoms with Crippen LogP contribution < -0.4 is 0 Å². The van der Waals surface area contributed by atoms with E-state index in [0.717, 1.165) is 17.6 Å². The summed E-state index contributed by atoms with van der Waals surface area (Å²) in [6, 6.07) is 4.50. The van der Waals surface area contributed by atoms with Gasteiger partial charge in [0.05, 0.1) is 0 Å². The van der Waals surface area contributed by atoms with Crippen LogP contribution in [0.5, 0.6) is 0 Å². The molecule has 2 saturated heterocycles. The minimum Gasteiger partial charge on any atom is -0.332 e. The summed E-state index contributed by atoms with van der Waals surface area (Å²) in [6.07, 6.45) is 5.47. The summed E-state index contributed by atoms with van der Waals surface area (Å²) in [4.78, 5) is 21.5. The molecule has 2 atom stereocenters. The molecule has 0 bridgehead atoms. The highest BCUT2D eigenvalue weighted by Crippen LogP contribution is 2.26. The van der Waals surface area contributed by atoms with Crippen LogP contribution in [0.4, 0.5) is 0 Å². The van der Waals surface area contributed by atoms with E-state index in [-0.39, 0.29) is 11.9 Å². The number of fused-ring (bicyclic) bond motifs is 1. The van der Waals surface area contributed by atoms with Gasteiger partial charge in [-0.1, -0.05) is 6.42 Å². The lowest BCUT2D eigenvalue weighted by Crippen LogP contribution is -2.60. The lowest BCUT2D eigenvalue weighted by Gasteiger charge is -2.47. The second-order valence-electron chi connectivity index (χ2n) is 5.78. The van der Waals surface area contributed by atoms with Gasteiger partial charge in [-0.3, -0.25) is 9.69 Å². The van der Waals surface area contributed by atoms with Crippen molar-refractivity contribution in [2.75, 3.05) is 19.6 Å². The molecule has 0 saturated carbocycles. The summed E-state index contributed by atoms with van der Waals surface area (Å²) >= 11 is 3.43. The number of carbonyl (C=O) groups is 1. The van der Waals surface area contributed by atoms with Gasteiger partial charge in [-0.05, 0) is 54.4 Å². The molecule has 2 aliphatic heterocycles. The van der Waals surface area contributed by atoms with Crippen LogP contribution in [0.3, 0.4) is 0 Å². The number of hydrogen-bond donors (Lipinski definition) is 0. The van der Waals surface area contributed by atoms with Crippen molar-refractivity contribution >= 4 is 21.8 Å². The fraction of sp³-hybridized carbons (Fsp3) is 0.600. The number of carbonyl (C=O) groups excluding carboxylic acids is 1. The molecule has 1 amide bonds. The number of halogens is 1. The first kappa shape index (κ1) is 14.0. The Kier molecular flexibility index (Phi) is 4.08. The summed E-state index contributed by atoms with van der Waals surface area (Å²) in [5.74, 6) is 0.0511. The Labute approximate surface area is 128 Å². The van der Waals surface area contributed by atoms with Gasteiger partial charge in [-0.15, -0.1) is 0 Å². The number of piperidine rings is 1. The fourth-order valence-corrected chi connectivity index (χ4v) is 3.74. The Morgan fingerprint density at radius 1 is 1.40 bits per heavy atom. The van der Waals surface area contributed by atoms with E-state index in [1.165, 1.54) is 25.8 Å². The van der Waals surface area contributed by atoms with E-state index < -0.39 is 0 Å². The van der Waals surface area contributed by atoms with E-state index in [2.05, 4.69) is 32.7 Å². The van der Waals surface area contributed by atoms with Gasteiger partial charge in [-0.25, -0.2) is 4.98 Å². The SMILES string of the molecule is CC1CN2CCCCC2CN1C(=O)c1ncccc1Br. The van der Waals surface area contributed by atoms with Crippen LogP contribution in [-0.2, 0) is 0 Å². The summed E-state index contributed by atoms with van der Waals surface area (Å²) < 4.78 is 0.781. The Hall–Kier alpha value is -0.940. The number of piperazine rings is 1. The molecule has 0 aromatic carbocycles. The molecule has 2 aliphatic rings. The molecule has 0 N–H and O–H groups in total. The minimum atomic E-state index is 0.0511. The van der Waals surface area contributed by atoms with Crippen molar-refractivity contribution in [3.05, 3.63) is 28.5 Å². The zero-order valence-electron chi connectivity index (χ0n) is 11.8. The molecule has 108 valence electrons. The Balaban J connectivity index is 1.79. The molecule has 2 fully saturated rings. The Bertz CT molecular complexity index is 508. The van der Waals surface area contributed by atoms with E-state index in [4.69, 9.17) is 0 Å².